The quantitative estimate of drug-likeness (QED) is 0.214. The molecule has 1 unspecified atom stereocenters. The van der Waals surface area contributed by atoms with E-state index in [0.29, 0.717) is 0 Å². The summed E-state index contributed by atoms with van der Waals surface area (Å²) in [5, 5.41) is 14.5. The van der Waals surface area contributed by atoms with Gasteiger partial charge in [-0.2, -0.15) is 0 Å². The van der Waals surface area contributed by atoms with Crippen LogP contribution in [0.5, 0.6) is 0 Å². The third kappa shape index (κ3) is 4.49. The summed E-state index contributed by atoms with van der Waals surface area (Å²) < 4.78 is 0. The fraction of sp³-hybridized carbons (Fsp3) is 0.0909. The zero-order valence-corrected chi connectivity index (χ0v) is 20.1. The van der Waals surface area contributed by atoms with Crippen molar-refractivity contribution in [2.45, 2.75) is 5.60 Å². The molecule has 0 spiro atoms. The number of aliphatic hydroxyl groups is 1. The minimum atomic E-state index is -1.27. The number of nitrogens with zero attached hydrogens (tertiary/aromatic N) is 1. The number of rotatable bonds is 6. The van der Waals surface area contributed by atoms with Gasteiger partial charge in [-0.15, -0.1) is 0 Å². The molecule has 1 atom stereocenters. The molecule has 5 aromatic carbocycles. The second-order valence-electron chi connectivity index (χ2n) is 9.04. The highest BCUT2D eigenvalue weighted by Crippen LogP contribution is 2.40. The highest BCUT2D eigenvalue weighted by molar-refractivity contribution is 5.87. The highest BCUT2D eigenvalue weighted by atomic mass is 16.3. The monoisotopic (exact) mass is 455 g/mol. The summed E-state index contributed by atoms with van der Waals surface area (Å²) in [6, 6.07) is 40.9. The summed E-state index contributed by atoms with van der Waals surface area (Å²) in [7, 11) is 4.09. The van der Waals surface area contributed by atoms with Gasteiger partial charge in [0.25, 0.3) is 0 Å². The number of anilines is 1. The van der Waals surface area contributed by atoms with Gasteiger partial charge in [0.15, 0.2) is 0 Å². The molecular formula is C33H29NO. The van der Waals surface area contributed by atoms with Crippen molar-refractivity contribution >= 4 is 28.6 Å². The van der Waals surface area contributed by atoms with E-state index in [0.717, 1.165) is 38.6 Å². The minimum absolute atomic E-state index is 0.840. The van der Waals surface area contributed by atoms with E-state index in [4.69, 9.17) is 0 Å². The predicted octanol–water partition coefficient (Wildman–Crippen LogP) is 7.36. The van der Waals surface area contributed by atoms with Crippen molar-refractivity contribution < 1.29 is 5.11 Å². The average molecular weight is 456 g/mol. The summed E-state index contributed by atoms with van der Waals surface area (Å²) in [4.78, 5) is 2.09. The Bertz CT molecular complexity index is 1450. The molecule has 5 rings (SSSR count). The molecule has 5 aromatic rings. The molecule has 0 aliphatic heterocycles. The molecular weight excluding hydrogens is 426 g/mol. The minimum Gasteiger partial charge on any atom is -0.378 e. The predicted molar refractivity (Wildman–Crippen MR) is 149 cm³/mol. The van der Waals surface area contributed by atoms with E-state index in [-0.39, 0.29) is 0 Å². The van der Waals surface area contributed by atoms with Crippen LogP contribution >= 0.6 is 0 Å². The Balaban J connectivity index is 1.53. The van der Waals surface area contributed by atoms with Gasteiger partial charge in [0.1, 0.15) is 5.60 Å². The highest BCUT2D eigenvalue weighted by Gasteiger charge is 2.35. The largest absolute Gasteiger partial charge is 0.378 e. The summed E-state index contributed by atoms with van der Waals surface area (Å²) in [6.45, 7) is 0. The van der Waals surface area contributed by atoms with Gasteiger partial charge >= 0.3 is 0 Å². The lowest BCUT2D eigenvalue weighted by atomic mass is 9.78. The Morgan fingerprint density at radius 2 is 1.11 bits per heavy atom. The van der Waals surface area contributed by atoms with Crippen LogP contribution in [0.3, 0.4) is 0 Å². The SMILES string of the molecule is CN(C)c1ccc(/C=C/c2ccc(C(O)(c3ccccc3)c3cccc4ccccc34)cc2)cc1. The van der Waals surface area contributed by atoms with Crippen LogP contribution in [0.2, 0.25) is 0 Å². The third-order valence-electron chi connectivity index (χ3n) is 6.58. The van der Waals surface area contributed by atoms with E-state index in [1.807, 2.05) is 80.8 Å². The Morgan fingerprint density at radius 3 is 1.77 bits per heavy atom. The van der Waals surface area contributed by atoms with Gasteiger partial charge in [0, 0.05) is 25.3 Å². The first kappa shape index (κ1) is 22.6. The van der Waals surface area contributed by atoms with E-state index in [2.05, 4.69) is 71.6 Å². The fourth-order valence-electron chi connectivity index (χ4n) is 4.61. The van der Waals surface area contributed by atoms with Gasteiger partial charge in [-0.3, -0.25) is 0 Å². The van der Waals surface area contributed by atoms with E-state index in [1.54, 1.807) is 0 Å². The van der Waals surface area contributed by atoms with Crippen molar-refractivity contribution in [2.75, 3.05) is 19.0 Å². The number of hydrogen-bond acceptors (Lipinski definition) is 2. The van der Waals surface area contributed by atoms with Crippen LogP contribution < -0.4 is 4.90 Å². The van der Waals surface area contributed by atoms with Gasteiger partial charge in [-0.05, 0) is 45.2 Å². The Hall–Kier alpha value is -4.14. The lowest BCUT2D eigenvalue weighted by Gasteiger charge is -2.31. The standard InChI is InChI=1S/C33H29NO/c1-34(2)30-23-19-26(20-24-30)16-15-25-17-21-29(22-18-25)33(35,28-11-4-3-5-12-28)32-14-8-10-27-9-6-7-13-31(27)32/h3-24,35H,1-2H3/b16-15+. The van der Waals surface area contributed by atoms with E-state index in [9.17, 15) is 5.11 Å². The molecule has 0 amide bonds. The van der Waals surface area contributed by atoms with Crippen LogP contribution in [-0.4, -0.2) is 19.2 Å². The fourth-order valence-corrected chi connectivity index (χ4v) is 4.61. The van der Waals surface area contributed by atoms with Crippen LogP contribution in [0.25, 0.3) is 22.9 Å². The Labute approximate surface area is 207 Å². The average Bonchev–Trinajstić information content (AvgIpc) is 2.92. The molecule has 0 heterocycles. The van der Waals surface area contributed by atoms with Crippen LogP contribution in [0, 0.1) is 0 Å². The van der Waals surface area contributed by atoms with Crippen LogP contribution in [-0.2, 0) is 5.60 Å². The Kier molecular flexibility index (Phi) is 6.22. The van der Waals surface area contributed by atoms with Crippen molar-refractivity contribution in [1.29, 1.82) is 0 Å². The molecule has 0 fully saturated rings. The Morgan fingerprint density at radius 1 is 0.571 bits per heavy atom. The lowest BCUT2D eigenvalue weighted by molar-refractivity contribution is 0.127. The molecule has 0 saturated carbocycles. The van der Waals surface area contributed by atoms with E-state index < -0.39 is 5.60 Å². The molecule has 0 aliphatic carbocycles. The molecule has 2 nitrogen and oxygen atoms in total. The van der Waals surface area contributed by atoms with Gasteiger partial charge in [0.05, 0.1) is 0 Å². The molecule has 1 N–H and O–H groups in total. The first-order chi connectivity index (χ1) is 17.1. The lowest BCUT2D eigenvalue weighted by Crippen LogP contribution is -2.29. The smallest absolute Gasteiger partial charge is 0.141 e. The zero-order chi connectivity index (χ0) is 24.3. The molecule has 0 radical (unpaired) electrons. The number of fused-ring (bicyclic) bond motifs is 1. The maximum absolute atomic E-state index is 12.4. The van der Waals surface area contributed by atoms with E-state index in [1.165, 1.54) is 5.69 Å². The molecule has 0 bridgehead atoms. The summed E-state index contributed by atoms with van der Waals surface area (Å²) in [5.41, 5.74) is 4.71. The molecule has 35 heavy (non-hydrogen) atoms. The number of hydrogen-bond donors (Lipinski definition) is 1. The van der Waals surface area contributed by atoms with Crippen molar-refractivity contribution in [3.63, 3.8) is 0 Å². The second kappa shape index (κ2) is 9.61. The van der Waals surface area contributed by atoms with Crippen LogP contribution in [0.15, 0.2) is 121 Å². The third-order valence-corrected chi connectivity index (χ3v) is 6.58. The first-order valence-corrected chi connectivity index (χ1v) is 11.9. The normalized spacial score (nSPS) is 13.1. The van der Waals surface area contributed by atoms with E-state index >= 15 is 0 Å². The van der Waals surface area contributed by atoms with Crippen LogP contribution in [0.4, 0.5) is 5.69 Å². The second-order valence-corrected chi connectivity index (χ2v) is 9.04. The molecule has 2 heteroatoms. The summed E-state index contributed by atoms with van der Waals surface area (Å²) in [6.07, 6.45) is 4.22. The topological polar surface area (TPSA) is 23.5 Å². The maximum atomic E-state index is 12.4. The van der Waals surface area contributed by atoms with Crippen LogP contribution in [0.1, 0.15) is 27.8 Å². The molecule has 0 saturated heterocycles. The van der Waals surface area contributed by atoms with Crippen molar-refractivity contribution in [2.24, 2.45) is 0 Å². The number of benzene rings is 5. The summed E-state index contributed by atoms with van der Waals surface area (Å²) >= 11 is 0. The van der Waals surface area contributed by atoms with Crippen molar-refractivity contribution in [3.05, 3.63) is 149 Å². The van der Waals surface area contributed by atoms with Crippen molar-refractivity contribution in [3.8, 4) is 0 Å². The molecule has 172 valence electrons. The van der Waals surface area contributed by atoms with Gasteiger partial charge in [0.2, 0.25) is 0 Å². The van der Waals surface area contributed by atoms with Gasteiger partial charge in [-0.1, -0.05) is 121 Å². The molecule has 0 aromatic heterocycles. The van der Waals surface area contributed by atoms with Gasteiger partial charge < -0.3 is 10.0 Å². The first-order valence-electron chi connectivity index (χ1n) is 11.9. The summed E-state index contributed by atoms with van der Waals surface area (Å²) in [5.74, 6) is 0. The zero-order valence-electron chi connectivity index (χ0n) is 20.1. The van der Waals surface area contributed by atoms with Crippen molar-refractivity contribution in [1.82, 2.24) is 0 Å². The maximum Gasteiger partial charge on any atom is 0.141 e. The molecule has 0 aliphatic rings. The van der Waals surface area contributed by atoms with Gasteiger partial charge in [-0.25, -0.2) is 0 Å².